The van der Waals surface area contributed by atoms with Crippen molar-refractivity contribution in [1.29, 1.82) is 0 Å². The maximum atomic E-state index is 12.9. The Morgan fingerprint density at radius 3 is 2.47 bits per heavy atom. The number of hydrogen-bond acceptors (Lipinski definition) is 1. The van der Waals surface area contributed by atoms with Gasteiger partial charge in [0.2, 0.25) is 0 Å². The molecule has 0 atom stereocenters. The van der Waals surface area contributed by atoms with E-state index in [1.54, 1.807) is 13.2 Å². The second-order valence-electron chi connectivity index (χ2n) is 5.02. The minimum atomic E-state index is -0.244. The quantitative estimate of drug-likeness (QED) is 0.737. The van der Waals surface area contributed by atoms with Gasteiger partial charge in [-0.05, 0) is 29.9 Å². The van der Waals surface area contributed by atoms with Gasteiger partial charge in [-0.25, -0.2) is 4.39 Å². The van der Waals surface area contributed by atoms with Gasteiger partial charge in [-0.15, -0.1) is 0 Å². The molecule has 1 nitrogen and oxygen atoms in total. The Morgan fingerprint density at radius 1 is 1.27 bits per heavy atom. The summed E-state index contributed by atoms with van der Waals surface area (Å²) in [6.07, 6.45) is 1.99. The van der Waals surface area contributed by atoms with Gasteiger partial charge in [0, 0.05) is 6.07 Å². The summed E-state index contributed by atoms with van der Waals surface area (Å²) in [6, 6.07) is 4.73. The highest BCUT2D eigenvalue weighted by Gasteiger charge is 2.12. The van der Waals surface area contributed by atoms with Gasteiger partial charge in [0.25, 0.3) is 0 Å². The van der Waals surface area contributed by atoms with Crippen LogP contribution >= 0.6 is 0 Å². The summed E-state index contributed by atoms with van der Waals surface area (Å²) in [5, 5.41) is 0. The van der Waals surface area contributed by atoms with Crippen LogP contribution in [0.5, 0.6) is 5.75 Å². The Bertz CT molecular complexity index is 326. The SMILES string of the molecule is COc1cc(F)ccc1CCC(C)(C)C. The van der Waals surface area contributed by atoms with E-state index >= 15 is 0 Å². The van der Waals surface area contributed by atoms with Crippen LogP contribution in [-0.4, -0.2) is 7.11 Å². The Labute approximate surface area is 91.3 Å². The van der Waals surface area contributed by atoms with Crippen molar-refractivity contribution in [2.75, 3.05) is 7.11 Å². The summed E-state index contributed by atoms with van der Waals surface area (Å²) >= 11 is 0. The predicted molar refractivity (Wildman–Crippen MR) is 60.7 cm³/mol. The van der Waals surface area contributed by atoms with E-state index in [2.05, 4.69) is 20.8 Å². The fourth-order valence-electron chi connectivity index (χ4n) is 1.43. The maximum absolute atomic E-state index is 12.9. The van der Waals surface area contributed by atoms with E-state index < -0.39 is 0 Å². The minimum Gasteiger partial charge on any atom is -0.496 e. The molecule has 1 rings (SSSR count). The lowest BCUT2D eigenvalue weighted by Gasteiger charge is -2.18. The average molecular weight is 210 g/mol. The monoisotopic (exact) mass is 210 g/mol. The lowest BCUT2D eigenvalue weighted by molar-refractivity contribution is 0.368. The van der Waals surface area contributed by atoms with Gasteiger partial charge in [-0.2, -0.15) is 0 Å². The molecule has 0 bridgehead atoms. The topological polar surface area (TPSA) is 9.23 Å². The molecule has 2 heteroatoms. The molecule has 1 aromatic rings. The normalized spacial score (nSPS) is 11.5. The summed E-state index contributed by atoms with van der Waals surface area (Å²) in [4.78, 5) is 0. The van der Waals surface area contributed by atoms with Crippen LogP contribution < -0.4 is 4.74 Å². The van der Waals surface area contributed by atoms with Crippen molar-refractivity contribution in [1.82, 2.24) is 0 Å². The van der Waals surface area contributed by atoms with Crippen molar-refractivity contribution in [3.05, 3.63) is 29.6 Å². The molecule has 0 aliphatic heterocycles. The number of benzene rings is 1. The molecule has 1 aromatic carbocycles. The fourth-order valence-corrected chi connectivity index (χ4v) is 1.43. The Balaban J connectivity index is 2.76. The Hall–Kier alpha value is -1.05. The van der Waals surface area contributed by atoms with Crippen molar-refractivity contribution in [2.45, 2.75) is 33.6 Å². The van der Waals surface area contributed by atoms with Crippen LogP contribution in [-0.2, 0) is 6.42 Å². The molecular formula is C13H19FO. The molecule has 0 aromatic heterocycles. The number of hydrogen-bond donors (Lipinski definition) is 0. The van der Waals surface area contributed by atoms with E-state index in [0.717, 1.165) is 18.4 Å². The van der Waals surface area contributed by atoms with Crippen LogP contribution in [0.1, 0.15) is 32.8 Å². The third kappa shape index (κ3) is 3.90. The second-order valence-corrected chi connectivity index (χ2v) is 5.02. The zero-order valence-corrected chi connectivity index (χ0v) is 9.93. The van der Waals surface area contributed by atoms with E-state index in [4.69, 9.17) is 4.74 Å². The molecule has 0 spiro atoms. The number of ether oxygens (including phenoxy) is 1. The first-order valence-corrected chi connectivity index (χ1v) is 5.25. The van der Waals surface area contributed by atoms with Crippen molar-refractivity contribution in [3.63, 3.8) is 0 Å². The number of methoxy groups -OCH3 is 1. The van der Waals surface area contributed by atoms with Gasteiger partial charge >= 0.3 is 0 Å². The molecule has 0 fully saturated rings. The number of rotatable bonds is 3. The van der Waals surface area contributed by atoms with Crippen molar-refractivity contribution >= 4 is 0 Å². The lowest BCUT2D eigenvalue weighted by atomic mass is 9.88. The standard InChI is InChI=1S/C13H19FO/c1-13(2,3)8-7-10-5-6-11(14)9-12(10)15-4/h5-6,9H,7-8H2,1-4H3. The van der Waals surface area contributed by atoms with Crippen LogP contribution in [0.25, 0.3) is 0 Å². The van der Waals surface area contributed by atoms with Gasteiger partial charge in [-0.1, -0.05) is 26.8 Å². The molecule has 0 radical (unpaired) electrons. The summed E-state index contributed by atoms with van der Waals surface area (Å²) < 4.78 is 18.1. The number of aryl methyl sites for hydroxylation is 1. The van der Waals surface area contributed by atoms with E-state index in [-0.39, 0.29) is 5.82 Å². The molecule has 0 N–H and O–H groups in total. The second kappa shape index (κ2) is 4.65. The third-order valence-corrected chi connectivity index (χ3v) is 2.39. The van der Waals surface area contributed by atoms with Crippen molar-refractivity contribution in [2.24, 2.45) is 5.41 Å². The highest BCUT2D eigenvalue weighted by molar-refractivity contribution is 5.34. The molecule has 0 amide bonds. The zero-order valence-electron chi connectivity index (χ0n) is 9.93. The van der Waals surface area contributed by atoms with Gasteiger partial charge in [0.05, 0.1) is 7.11 Å². The maximum Gasteiger partial charge on any atom is 0.126 e. The Kier molecular flexibility index (Phi) is 3.72. The number of halogens is 1. The van der Waals surface area contributed by atoms with Crippen LogP contribution in [0.15, 0.2) is 18.2 Å². The molecule has 0 saturated heterocycles. The first kappa shape index (κ1) is 12.0. The lowest BCUT2D eigenvalue weighted by Crippen LogP contribution is -2.07. The summed E-state index contributed by atoms with van der Waals surface area (Å²) in [7, 11) is 1.58. The first-order chi connectivity index (χ1) is 6.92. The fraction of sp³-hybridized carbons (Fsp3) is 0.538. The van der Waals surface area contributed by atoms with E-state index in [1.807, 2.05) is 0 Å². The summed E-state index contributed by atoms with van der Waals surface area (Å²) in [5.41, 5.74) is 1.37. The van der Waals surface area contributed by atoms with Gasteiger partial charge in [0.1, 0.15) is 11.6 Å². The average Bonchev–Trinajstić information content (AvgIpc) is 2.14. The molecular weight excluding hydrogens is 191 g/mol. The smallest absolute Gasteiger partial charge is 0.126 e. The third-order valence-electron chi connectivity index (χ3n) is 2.39. The molecule has 0 aliphatic rings. The van der Waals surface area contributed by atoms with Gasteiger partial charge in [-0.3, -0.25) is 0 Å². The van der Waals surface area contributed by atoms with Gasteiger partial charge in [0.15, 0.2) is 0 Å². The van der Waals surface area contributed by atoms with Crippen LogP contribution in [0.4, 0.5) is 4.39 Å². The predicted octanol–water partition coefficient (Wildman–Crippen LogP) is 3.81. The van der Waals surface area contributed by atoms with Crippen LogP contribution in [0.2, 0.25) is 0 Å². The molecule has 0 saturated carbocycles. The van der Waals surface area contributed by atoms with E-state index in [0.29, 0.717) is 11.2 Å². The molecule has 15 heavy (non-hydrogen) atoms. The highest BCUT2D eigenvalue weighted by atomic mass is 19.1. The van der Waals surface area contributed by atoms with Gasteiger partial charge < -0.3 is 4.74 Å². The van der Waals surface area contributed by atoms with Crippen molar-refractivity contribution < 1.29 is 9.13 Å². The van der Waals surface area contributed by atoms with Crippen LogP contribution in [0.3, 0.4) is 0 Å². The highest BCUT2D eigenvalue weighted by Crippen LogP contribution is 2.26. The largest absolute Gasteiger partial charge is 0.496 e. The minimum absolute atomic E-state index is 0.244. The van der Waals surface area contributed by atoms with E-state index in [9.17, 15) is 4.39 Å². The summed E-state index contributed by atoms with van der Waals surface area (Å²) in [5.74, 6) is 0.408. The molecule has 84 valence electrons. The van der Waals surface area contributed by atoms with Crippen molar-refractivity contribution in [3.8, 4) is 5.75 Å². The summed E-state index contributed by atoms with van der Waals surface area (Å²) in [6.45, 7) is 6.59. The molecule has 0 heterocycles. The Morgan fingerprint density at radius 2 is 1.93 bits per heavy atom. The van der Waals surface area contributed by atoms with Crippen LogP contribution in [0, 0.1) is 11.2 Å². The molecule has 0 unspecified atom stereocenters. The van der Waals surface area contributed by atoms with E-state index in [1.165, 1.54) is 12.1 Å². The first-order valence-electron chi connectivity index (χ1n) is 5.25. The zero-order chi connectivity index (χ0) is 11.5. The molecule has 0 aliphatic carbocycles.